The van der Waals surface area contributed by atoms with E-state index in [1.807, 2.05) is 24.3 Å². The minimum absolute atomic E-state index is 0.166. The molecule has 2 aromatic carbocycles. The van der Waals surface area contributed by atoms with Crippen molar-refractivity contribution in [2.24, 2.45) is 0 Å². The van der Waals surface area contributed by atoms with Gasteiger partial charge in [-0.15, -0.1) is 0 Å². The van der Waals surface area contributed by atoms with Crippen LogP contribution in [0.4, 0.5) is 15.8 Å². The predicted octanol–water partition coefficient (Wildman–Crippen LogP) is 3.83. The third-order valence-electron chi connectivity index (χ3n) is 3.25. The van der Waals surface area contributed by atoms with Crippen LogP contribution < -0.4 is 10.6 Å². The summed E-state index contributed by atoms with van der Waals surface area (Å²) in [6, 6.07) is 13.3. The monoisotopic (exact) mass is 286 g/mol. The van der Waals surface area contributed by atoms with Gasteiger partial charge in [-0.3, -0.25) is 4.79 Å². The summed E-state index contributed by atoms with van der Waals surface area (Å²) in [4.78, 5) is 12.1. The molecule has 4 heteroatoms. The normalized spacial score (nSPS) is 11.8. The molecule has 0 unspecified atom stereocenters. The average molecular weight is 286 g/mol. The highest BCUT2D eigenvalue weighted by Crippen LogP contribution is 2.13. The number of nitrogens with one attached hydrogen (secondary N) is 2. The molecule has 0 spiro atoms. The molecule has 0 fully saturated rings. The van der Waals surface area contributed by atoms with Gasteiger partial charge in [0.1, 0.15) is 11.9 Å². The molecule has 0 bridgehead atoms. The smallest absolute Gasteiger partial charge is 0.246 e. The van der Waals surface area contributed by atoms with E-state index in [4.69, 9.17) is 0 Å². The molecule has 0 radical (unpaired) electrons. The lowest BCUT2D eigenvalue weighted by Gasteiger charge is -2.15. The van der Waals surface area contributed by atoms with Crippen molar-refractivity contribution in [1.82, 2.24) is 0 Å². The van der Waals surface area contributed by atoms with Crippen LogP contribution in [0.2, 0.25) is 0 Å². The Morgan fingerprint density at radius 1 is 1.05 bits per heavy atom. The number of hydrogen-bond donors (Lipinski definition) is 2. The van der Waals surface area contributed by atoms with Crippen LogP contribution >= 0.6 is 0 Å². The summed E-state index contributed by atoms with van der Waals surface area (Å²) in [5.41, 5.74) is 2.73. The van der Waals surface area contributed by atoms with Gasteiger partial charge in [0.05, 0.1) is 0 Å². The summed E-state index contributed by atoms with van der Waals surface area (Å²) in [6.45, 7) is 3.88. The van der Waals surface area contributed by atoms with Gasteiger partial charge in [-0.2, -0.15) is 0 Å². The van der Waals surface area contributed by atoms with E-state index in [9.17, 15) is 9.18 Å². The fourth-order valence-electron chi connectivity index (χ4n) is 1.94. The fraction of sp³-hybridized carbons (Fsp3) is 0.235. The molecule has 2 aromatic rings. The third kappa shape index (κ3) is 4.31. The molecule has 1 atom stereocenters. The number of benzene rings is 2. The molecular formula is C17H19FN2O. The highest BCUT2D eigenvalue weighted by atomic mass is 19.1. The molecule has 2 rings (SSSR count). The highest BCUT2D eigenvalue weighted by molar-refractivity contribution is 5.96. The van der Waals surface area contributed by atoms with Gasteiger partial charge in [0.2, 0.25) is 5.91 Å². The van der Waals surface area contributed by atoms with Crippen LogP contribution in [0.15, 0.2) is 48.5 Å². The minimum Gasteiger partial charge on any atom is -0.374 e. The molecule has 2 N–H and O–H groups in total. The lowest BCUT2D eigenvalue weighted by molar-refractivity contribution is -0.116. The SMILES string of the molecule is CCc1ccc(N[C@@H](C)C(=O)Nc2ccc(F)cc2)cc1. The minimum atomic E-state index is -0.387. The van der Waals surface area contributed by atoms with E-state index in [2.05, 4.69) is 17.6 Å². The van der Waals surface area contributed by atoms with Crippen molar-refractivity contribution < 1.29 is 9.18 Å². The largest absolute Gasteiger partial charge is 0.374 e. The summed E-state index contributed by atoms with van der Waals surface area (Å²) in [6.07, 6.45) is 0.987. The van der Waals surface area contributed by atoms with Crippen molar-refractivity contribution in [1.29, 1.82) is 0 Å². The number of rotatable bonds is 5. The maximum atomic E-state index is 12.8. The summed E-state index contributed by atoms with van der Waals surface area (Å²) >= 11 is 0. The number of carbonyl (C=O) groups excluding carboxylic acids is 1. The van der Waals surface area contributed by atoms with Gasteiger partial charge in [-0.1, -0.05) is 19.1 Å². The van der Waals surface area contributed by atoms with E-state index in [0.717, 1.165) is 12.1 Å². The number of anilines is 2. The number of halogens is 1. The molecule has 21 heavy (non-hydrogen) atoms. The van der Waals surface area contributed by atoms with Crippen LogP contribution in [0, 0.1) is 5.82 Å². The quantitative estimate of drug-likeness (QED) is 0.877. The second kappa shape index (κ2) is 6.88. The first kappa shape index (κ1) is 15.0. The molecule has 1 amide bonds. The molecule has 0 heterocycles. The van der Waals surface area contributed by atoms with Gasteiger partial charge >= 0.3 is 0 Å². The zero-order valence-electron chi connectivity index (χ0n) is 12.2. The zero-order valence-corrected chi connectivity index (χ0v) is 12.2. The van der Waals surface area contributed by atoms with Crippen LogP contribution in [0.3, 0.4) is 0 Å². The van der Waals surface area contributed by atoms with E-state index in [1.165, 1.54) is 29.8 Å². The van der Waals surface area contributed by atoms with Crippen molar-refractivity contribution in [2.45, 2.75) is 26.3 Å². The van der Waals surface area contributed by atoms with E-state index < -0.39 is 0 Å². The van der Waals surface area contributed by atoms with Crippen LogP contribution in [0.25, 0.3) is 0 Å². The maximum Gasteiger partial charge on any atom is 0.246 e. The Balaban J connectivity index is 1.93. The first-order chi connectivity index (χ1) is 10.1. The van der Waals surface area contributed by atoms with Crippen LogP contribution in [-0.4, -0.2) is 11.9 Å². The van der Waals surface area contributed by atoms with Crippen molar-refractivity contribution in [3.63, 3.8) is 0 Å². The summed E-state index contributed by atoms with van der Waals surface area (Å²) in [7, 11) is 0. The predicted molar refractivity (Wildman–Crippen MR) is 83.9 cm³/mol. The first-order valence-corrected chi connectivity index (χ1v) is 7.00. The highest BCUT2D eigenvalue weighted by Gasteiger charge is 2.12. The van der Waals surface area contributed by atoms with E-state index >= 15 is 0 Å². The topological polar surface area (TPSA) is 41.1 Å². The Kier molecular flexibility index (Phi) is 4.93. The Hall–Kier alpha value is -2.36. The average Bonchev–Trinajstić information content (AvgIpc) is 2.50. The molecular weight excluding hydrogens is 267 g/mol. The van der Waals surface area contributed by atoms with Gasteiger partial charge in [0, 0.05) is 11.4 Å². The van der Waals surface area contributed by atoms with Crippen LogP contribution in [0.5, 0.6) is 0 Å². The van der Waals surface area contributed by atoms with Gasteiger partial charge in [0.25, 0.3) is 0 Å². The summed E-state index contributed by atoms with van der Waals surface area (Å²) in [5, 5.41) is 5.88. The first-order valence-electron chi connectivity index (χ1n) is 7.00. The van der Waals surface area contributed by atoms with Crippen molar-refractivity contribution in [2.75, 3.05) is 10.6 Å². The summed E-state index contributed by atoms with van der Waals surface area (Å²) < 4.78 is 12.8. The Morgan fingerprint density at radius 3 is 2.19 bits per heavy atom. The van der Waals surface area contributed by atoms with Gasteiger partial charge in [-0.05, 0) is 55.3 Å². The molecule has 3 nitrogen and oxygen atoms in total. The number of carbonyl (C=O) groups is 1. The summed E-state index contributed by atoms with van der Waals surface area (Å²) in [5.74, 6) is -0.489. The standard InChI is InChI=1S/C17H19FN2O/c1-3-13-4-8-15(9-5-13)19-12(2)17(21)20-16-10-6-14(18)7-11-16/h4-12,19H,3H2,1-2H3,(H,20,21)/t12-/m0/s1. The lowest BCUT2D eigenvalue weighted by atomic mass is 10.1. The molecule has 0 aliphatic heterocycles. The van der Waals surface area contributed by atoms with Gasteiger partial charge in [0.15, 0.2) is 0 Å². The van der Waals surface area contributed by atoms with Crippen LogP contribution in [-0.2, 0) is 11.2 Å². The Labute approximate surface area is 124 Å². The molecule has 110 valence electrons. The number of hydrogen-bond acceptors (Lipinski definition) is 2. The van der Waals surface area contributed by atoms with Crippen molar-refractivity contribution >= 4 is 17.3 Å². The lowest BCUT2D eigenvalue weighted by Crippen LogP contribution is -2.31. The molecule has 0 aromatic heterocycles. The van der Waals surface area contributed by atoms with Crippen LogP contribution in [0.1, 0.15) is 19.4 Å². The second-order valence-corrected chi connectivity index (χ2v) is 4.91. The fourth-order valence-corrected chi connectivity index (χ4v) is 1.94. The number of amides is 1. The zero-order chi connectivity index (χ0) is 15.2. The third-order valence-corrected chi connectivity index (χ3v) is 3.25. The van der Waals surface area contributed by atoms with Gasteiger partial charge in [-0.25, -0.2) is 4.39 Å². The van der Waals surface area contributed by atoms with E-state index in [1.54, 1.807) is 6.92 Å². The van der Waals surface area contributed by atoms with E-state index in [-0.39, 0.29) is 17.8 Å². The molecule has 0 aliphatic rings. The van der Waals surface area contributed by atoms with Crippen molar-refractivity contribution in [3.05, 3.63) is 59.9 Å². The maximum absolute atomic E-state index is 12.8. The molecule has 0 saturated heterocycles. The Morgan fingerprint density at radius 2 is 1.62 bits per heavy atom. The Bertz CT molecular complexity index is 593. The number of aryl methyl sites for hydroxylation is 1. The molecule has 0 aliphatic carbocycles. The van der Waals surface area contributed by atoms with Gasteiger partial charge < -0.3 is 10.6 Å². The second-order valence-electron chi connectivity index (χ2n) is 4.91. The molecule has 0 saturated carbocycles. The van der Waals surface area contributed by atoms with E-state index in [0.29, 0.717) is 5.69 Å². The van der Waals surface area contributed by atoms with Crippen molar-refractivity contribution in [3.8, 4) is 0 Å².